The van der Waals surface area contributed by atoms with Crippen molar-refractivity contribution in [3.8, 4) is 0 Å². The average Bonchev–Trinajstić information content (AvgIpc) is 2.87. The van der Waals surface area contributed by atoms with Crippen LogP contribution in [0.3, 0.4) is 0 Å². The van der Waals surface area contributed by atoms with Gasteiger partial charge in [0.15, 0.2) is 0 Å². The van der Waals surface area contributed by atoms with Gasteiger partial charge in [-0.2, -0.15) is 0 Å². The van der Waals surface area contributed by atoms with Crippen LogP contribution >= 0.6 is 0 Å². The highest BCUT2D eigenvalue weighted by Gasteiger charge is 2.29. The number of ether oxygens (including phenoxy) is 1. The van der Waals surface area contributed by atoms with E-state index in [1.807, 2.05) is 7.11 Å². The molecule has 0 spiro atoms. The number of methoxy groups -OCH3 is 1. The van der Waals surface area contributed by atoms with Crippen molar-refractivity contribution in [1.82, 2.24) is 14.9 Å². The molecule has 2 heterocycles. The molecule has 0 amide bonds. The van der Waals surface area contributed by atoms with Gasteiger partial charge in [-0.25, -0.2) is 4.98 Å². The molecule has 1 aliphatic carbocycles. The molecule has 1 aliphatic heterocycles. The first kappa shape index (κ1) is 15.0. The van der Waals surface area contributed by atoms with Crippen LogP contribution in [0.15, 0.2) is 0 Å². The van der Waals surface area contributed by atoms with Crippen molar-refractivity contribution in [3.63, 3.8) is 0 Å². The van der Waals surface area contributed by atoms with Crippen molar-refractivity contribution in [2.75, 3.05) is 13.7 Å². The van der Waals surface area contributed by atoms with Crippen molar-refractivity contribution in [2.24, 2.45) is 0 Å². The maximum atomic E-state index is 5.68. The van der Waals surface area contributed by atoms with Gasteiger partial charge in [0.25, 0.3) is 0 Å². The lowest BCUT2D eigenvalue weighted by atomic mass is 9.88. The van der Waals surface area contributed by atoms with Crippen molar-refractivity contribution in [2.45, 2.75) is 77.0 Å². The van der Waals surface area contributed by atoms with E-state index in [0.29, 0.717) is 5.92 Å². The fourth-order valence-electron chi connectivity index (χ4n) is 3.69. The molecule has 4 nitrogen and oxygen atoms in total. The largest absolute Gasteiger partial charge is 0.377 e. The summed E-state index contributed by atoms with van der Waals surface area (Å²) in [5.41, 5.74) is 2.58. The van der Waals surface area contributed by atoms with Gasteiger partial charge in [-0.15, -0.1) is 0 Å². The summed E-state index contributed by atoms with van der Waals surface area (Å²) in [6.45, 7) is 7.25. The molecule has 0 unspecified atom stereocenters. The number of hydrogen-bond donors (Lipinski definition) is 1. The Labute approximate surface area is 128 Å². The van der Waals surface area contributed by atoms with Gasteiger partial charge in [0.05, 0.1) is 17.8 Å². The standard InChI is InChI=1S/C17H29N3O/c1-17(2,21-3)12-20-15-9-10-18-11-14(15)19-16(20)13-7-5-4-6-8-13/h13,18H,4-12H2,1-3H3. The zero-order chi connectivity index (χ0) is 14.9. The van der Waals surface area contributed by atoms with Gasteiger partial charge in [0.1, 0.15) is 5.82 Å². The lowest BCUT2D eigenvalue weighted by molar-refractivity contribution is 0.00655. The smallest absolute Gasteiger partial charge is 0.112 e. The molecule has 0 atom stereocenters. The van der Waals surface area contributed by atoms with Gasteiger partial charge >= 0.3 is 0 Å². The SMILES string of the molecule is COC(C)(C)Cn1c(C2CCCCC2)nc2c1CCNC2. The van der Waals surface area contributed by atoms with E-state index in [1.54, 1.807) is 0 Å². The normalized spacial score (nSPS) is 20.5. The Balaban J connectivity index is 1.95. The molecule has 2 aliphatic rings. The number of hydrogen-bond acceptors (Lipinski definition) is 3. The number of nitrogens with zero attached hydrogens (tertiary/aromatic N) is 2. The minimum atomic E-state index is -0.136. The Morgan fingerprint density at radius 2 is 2.05 bits per heavy atom. The van der Waals surface area contributed by atoms with Crippen molar-refractivity contribution in [3.05, 3.63) is 17.2 Å². The second-order valence-electron chi connectivity index (χ2n) is 7.18. The number of aromatic nitrogens is 2. The molecule has 0 aromatic carbocycles. The average molecular weight is 291 g/mol. The topological polar surface area (TPSA) is 39.1 Å². The van der Waals surface area contributed by atoms with E-state index in [2.05, 4.69) is 23.7 Å². The highest BCUT2D eigenvalue weighted by atomic mass is 16.5. The number of rotatable bonds is 4. The summed E-state index contributed by atoms with van der Waals surface area (Å²) in [4.78, 5) is 5.04. The molecule has 3 rings (SSSR count). The maximum absolute atomic E-state index is 5.68. The highest BCUT2D eigenvalue weighted by molar-refractivity contribution is 5.23. The molecule has 1 aromatic rings. The molecule has 0 saturated heterocycles. The van der Waals surface area contributed by atoms with Gasteiger partial charge in [-0.1, -0.05) is 19.3 Å². The van der Waals surface area contributed by atoms with Gasteiger partial charge in [0, 0.05) is 38.2 Å². The summed E-state index contributed by atoms with van der Waals surface area (Å²) in [5, 5.41) is 3.45. The molecular weight excluding hydrogens is 262 g/mol. The molecular formula is C17H29N3O. The van der Waals surface area contributed by atoms with E-state index in [9.17, 15) is 0 Å². The van der Waals surface area contributed by atoms with E-state index in [0.717, 1.165) is 26.1 Å². The third kappa shape index (κ3) is 3.16. The quantitative estimate of drug-likeness (QED) is 0.927. The summed E-state index contributed by atoms with van der Waals surface area (Å²) in [6, 6.07) is 0. The van der Waals surface area contributed by atoms with Crippen LogP contribution in [0.25, 0.3) is 0 Å². The van der Waals surface area contributed by atoms with Gasteiger partial charge in [-0.3, -0.25) is 0 Å². The lowest BCUT2D eigenvalue weighted by Crippen LogP contribution is -2.33. The molecule has 21 heavy (non-hydrogen) atoms. The highest BCUT2D eigenvalue weighted by Crippen LogP contribution is 2.34. The maximum Gasteiger partial charge on any atom is 0.112 e. The Morgan fingerprint density at radius 1 is 1.29 bits per heavy atom. The van der Waals surface area contributed by atoms with Crippen molar-refractivity contribution >= 4 is 0 Å². The molecule has 0 radical (unpaired) electrons. The van der Waals surface area contributed by atoms with E-state index in [-0.39, 0.29) is 5.60 Å². The Morgan fingerprint density at radius 3 is 2.76 bits per heavy atom. The van der Waals surface area contributed by atoms with Crippen LogP contribution in [0.1, 0.15) is 69.1 Å². The molecule has 1 fully saturated rings. The second-order valence-corrected chi connectivity index (χ2v) is 7.18. The predicted octanol–water partition coefficient (Wildman–Crippen LogP) is 3.00. The van der Waals surface area contributed by atoms with E-state index < -0.39 is 0 Å². The summed E-state index contributed by atoms with van der Waals surface area (Å²) in [6.07, 6.45) is 7.80. The summed E-state index contributed by atoms with van der Waals surface area (Å²) in [5.74, 6) is 1.98. The summed E-state index contributed by atoms with van der Waals surface area (Å²) in [7, 11) is 1.81. The zero-order valence-electron chi connectivity index (χ0n) is 13.7. The first-order chi connectivity index (χ1) is 10.1. The second kappa shape index (κ2) is 6.09. The minimum absolute atomic E-state index is 0.136. The van der Waals surface area contributed by atoms with Crippen LogP contribution in [-0.2, 0) is 24.2 Å². The molecule has 118 valence electrons. The zero-order valence-corrected chi connectivity index (χ0v) is 13.7. The van der Waals surface area contributed by atoms with Crippen LogP contribution in [0.2, 0.25) is 0 Å². The minimum Gasteiger partial charge on any atom is -0.377 e. The van der Waals surface area contributed by atoms with Crippen LogP contribution in [0.4, 0.5) is 0 Å². The van der Waals surface area contributed by atoms with Crippen molar-refractivity contribution < 1.29 is 4.74 Å². The Hall–Kier alpha value is -0.870. The van der Waals surface area contributed by atoms with Crippen LogP contribution in [-0.4, -0.2) is 28.8 Å². The molecule has 0 bridgehead atoms. The van der Waals surface area contributed by atoms with E-state index >= 15 is 0 Å². The Kier molecular flexibility index (Phi) is 4.36. The number of nitrogens with one attached hydrogen (secondary N) is 1. The van der Waals surface area contributed by atoms with Gasteiger partial charge in [-0.05, 0) is 26.7 Å². The molecule has 1 aromatic heterocycles. The van der Waals surface area contributed by atoms with E-state index in [1.165, 1.54) is 49.3 Å². The third-order valence-corrected chi connectivity index (χ3v) is 5.08. The summed E-state index contributed by atoms with van der Waals surface area (Å²) >= 11 is 0. The first-order valence-corrected chi connectivity index (χ1v) is 8.45. The predicted molar refractivity (Wildman–Crippen MR) is 84.6 cm³/mol. The molecule has 1 N–H and O–H groups in total. The summed E-state index contributed by atoms with van der Waals surface area (Å²) < 4.78 is 8.18. The third-order valence-electron chi connectivity index (χ3n) is 5.08. The Bertz CT molecular complexity index is 486. The fraction of sp³-hybridized carbons (Fsp3) is 0.824. The monoisotopic (exact) mass is 291 g/mol. The van der Waals surface area contributed by atoms with Crippen LogP contribution in [0.5, 0.6) is 0 Å². The lowest BCUT2D eigenvalue weighted by Gasteiger charge is -2.29. The number of imidazole rings is 1. The van der Waals surface area contributed by atoms with Crippen LogP contribution < -0.4 is 5.32 Å². The van der Waals surface area contributed by atoms with Gasteiger partial charge < -0.3 is 14.6 Å². The van der Waals surface area contributed by atoms with E-state index in [4.69, 9.17) is 9.72 Å². The fourth-order valence-corrected chi connectivity index (χ4v) is 3.69. The number of fused-ring (bicyclic) bond motifs is 1. The van der Waals surface area contributed by atoms with Crippen molar-refractivity contribution in [1.29, 1.82) is 0 Å². The van der Waals surface area contributed by atoms with Crippen LogP contribution in [0, 0.1) is 0 Å². The first-order valence-electron chi connectivity index (χ1n) is 8.45. The van der Waals surface area contributed by atoms with Gasteiger partial charge in [0.2, 0.25) is 0 Å². The molecule has 1 saturated carbocycles. The molecule has 4 heteroatoms.